The smallest absolute Gasteiger partial charge is 0.410 e. The predicted molar refractivity (Wildman–Crippen MR) is 83.4 cm³/mol. The van der Waals surface area contributed by atoms with Crippen molar-refractivity contribution >= 4 is 31.3 Å². The van der Waals surface area contributed by atoms with Gasteiger partial charge < -0.3 is 15.4 Å². The van der Waals surface area contributed by atoms with Crippen LogP contribution in [0.5, 0.6) is 0 Å². The molecule has 2 rings (SSSR count). The second kappa shape index (κ2) is 7.29. The second-order valence-electron chi connectivity index (χ2n) is 5.31. The predicted octanol–water partition coefficient (Wildman–Crippen LogP) is 1.41. The Hall–Kier alpha value is -1.04. The molecule has 2 aliphatic rings. The molecule has 2 fully saturated rings. The number of fused-ring (bicyclic) bond motifs is 2. The van der Waals surface area contributed by atoms with Crippen LogP contribution in [0, 0.1) is 0 Å². The van der Waals surface area contributed by atoms with E-state index in [1.807, 2.05) is 4.90 Å². The number of hydrogen-bond acceptors (Lipinski definition) is 5. The van der Waals surface area contributed by atoms with Crippen molar-refractivity contribution < 1.29 is 14.3 Å². The first-order valence-electron chi connectivity index (χ1n) is 7.03. The molecular formula is C13H20N3O3PS. The largest absolute Gasteiger partial charge is 0.445 e. The van der Waals surface area contributed by atoms with E-state index >= 15 is 0 Å². The van der Waals surface area contributed by atoms with Gasteiger partial charge in [-0.05, 0) is 37.5 Å². The highest BCUT2D eigenvalue weighted by atomic mass is 32.4. The fourth-order valence-corrected chi connectivity index (χ4v) is 4.43. The summed E-state index contributed by atoms with van der Waals surface area (Å²) in [6.07, 6.45) is 4.66. The van der Waals surface area contributed by atoms with Gasteiger partial charge in [0.2, 0.25) is 5.91 Å². The molecule has 8 heteroatoms. The Bertz CT molecular complexity index is 434. The first-order valence-corrected chi connectivity index (χ1v) is 8.89. The maximum atomic E-state index is 12.1. The molecule has 0 aliphatic carbocycles. The number of amides is 2. The van der Waals surface area contributed by atoms with Gasteiger partial charge in [0, 0.05) is 18.1 Å². The van der Waals surface area contributed by atoms with Crippen molar-refractivity contribution in [3.05, 3.63) is 12.7 Å². The molecule has 2 aliphatic heterocycles. The van der Waals surface area contributed by atoms with Crippen molar-refractivity contribution in [3.63, 3.8) is 0 Å². The second-order valence-corrected chi connectivity index (χ2v) is 6.39. The Morgan fingerprint density at radius 3 is 2.52 bits per heavy atom. The van der Waals surface area contributed by atoms with Gasteiger partial charge in [0.15, 0.2) is 0 Å². The van der Waals surface area contributed by atoms with Gasteiger partial charge in [-0.2, -0.15) is 0 Å². The number of hydrogen-bond donors (Lipinski definition) is 1. The van der Waals surface area contributed by atoms with E-state index in [4.69, 9.17) is 22.3 Å². The highest BCUT2D eigenvalue weighted by Gasteiger charge is 2.46. The van der Waals surface area contributed by atoms with E-state index in [0.717, 1.165) is 25.7 Å². The molecule has 21 heavy (non-hydrogen) atoms. The number of carbonyl (C=O) groups is 2. The topological polar surface area (TPSA) is 75.9 Å². The third-order valence-electron chi connectivity index (χ3n) is 4.11. The van der Waals surface area contributed by atoms with E-state index in [1.165, 1.54) is 0 Å². The number of ether oxygens (including phenoxy) is 1. The Labute approximate surface area is 131 Å². The molecular weight excluding hydrogens is 309 g/mol. The standard InChI is InChI=1S/C13H20N3O3PS/c1-2-5-19-13(18)15-9-3-4-10(15)7-11(6-9)16(20-21)12(17)8-14/h2,9-11H,1,3-8,14H2/t9-,10+,11?. The number of piperidine rings is 1. The molecule has 3 atom stereocenters. The van der Waals surface area contributed by atoms with E-state index in [1.54, 1.807) is 10.7 Å². The third kappa shape index (κ3) is 3.42. The molecule has 0 aromatic carbocycles. The van der Waals surface area contributed by atoms with Crippen LogP contribution in [0.2, 0.25) is 0 Å². The quantitative estimate of drug-likeness (QED) is 0.610. The monoisotopic (exact) mass is 329 g/mol. The summed E-state index contributed by atoms with van der Waals surface area (Å²) in [5.41, 5.74) is 5.43. The average Bonchev–Trinajstić information content (AvgIpc) is 2.76. The van der Waals surface area contributed by atoms with Crippen LogP contribution in [0.4, 0.5) is 4.79 Å². The van der Waals surface area contributed by atoms with Gasteiger partial charge in [-0.3, -0.25) is 9.46 Å². The molecule has 0 spiro atoms. The van der Waals surface area contributed by atoms with E-state index in [2.05, 4.69) is 6.58 Å². The van der Waals surface area contributed by atoms with Crippen LogP contribution in [0.25, 0.3) is 0 Å². The van der Waals surface area contributed by atoms with Gasteiger partial charge in [-0.1, -0.05) is 12.7 Å². The Kier molecular flexibility index (Phi) is 5.67. The first kappa shape index (κ1) is 16.3. The first-order chi connectivity index (χ1) is 10.1. The van der Waals surface area contributed by atoms with Crippen LogP contribution in [0.15, 0.2) is 12.7 Å². The van der Waals surface area contributed by atoms with E-state index in [0.29, 0.717) is 7.51 Å². The molecule has 2 N–H and O–H groups in total. The molecule has 2 bridgehead atoms. The molecule has 2 saturated heterocycles. The van der Waals surface area contributed by atoms with Gasteiger partial charge in [-0.15, -0.1) is 0 Å². The van der Waals surface area contributed by atoms with E-state index in [9.17, 15) is 9.59 Å². The van der Waals surface area contributed by atoms with E-state index < -0.39 is 0 Å². The number of rotatable bonds is 5. The van der Waals surface area contributed by atoms with Crippen LogP contribution in [0.3, 0.4) is 0 Å². The molecule has 0 aromatic heterocycles. The molecule has 0 radical (unpaired) electrons. The van der Waals surface area contributed by atoms with Crippen LogP contribution < -0.4 is 5.73 Å². The fourth-order valence-electron chi connectivity index (χ4n) is 3.26. The summed E-state index contributed by atoms with van der Waals surface area (Å²) in [6, 6.07) is 0.313. The minimum atomic E-state index is -0.284. The molecule has 0 aromatic rings. The lowest BCUT2D eigenvalue weighted by atomic mass is 9.97. The van der Waals surface area contributed by atoms with Crippen LogP contribution in [-0.2, 0) is 21.3 Å². The molecule has 116 valence electrons. The van der Waals surface area contributed by atoms with Crippen molar-refractivity contribution in [2.24, 2.45) is 5.73 Å². The molecule has 2 heterocycles. The summed E-state index contributed by atoms with van der Waals surface area (Å²) in [5, 5.41) is 0. The number of nitrogens with two attached hydrogens (primary N) is 1. The van der Waals surface area contributed by atoms with Crippen molar-refractivity contribution in [2.45, 2.75) is 43.8 Å². The zero-order chi connectivity index (χ0) is 15.4. The minimum absolute atomic E-state index is 0.0272. The zero-order valence-electron chi connectivity index (χ0n) is 11.8. The van der Waals surface area contributed by atoms with Gasteiger partial charge in [0.1, 0.15) is 6.61 Å². The summed E-state index contributed by atoms with van der Waals surface area (Å²) in [6.45, 7) is 3.74. The summed E-state index contributed by atoms with van der Waals surface area (Å²) in [7, 11) is 0.502. The van der Waals surface area contributed by atoms with Gasteiger partial charge in [0.05, 0.1) is 14.1 Å². The molecule has 6 nitrogen and oxygen atoms in total. The van der Waals surface area contributed by atoms with Crippen molar-refractivity contribution in [2.75, 3.05) is 13.2 Å². The van der Waals surface area contributed by atoms with Crippen molar-refractivity contribution in [1.82, 2.24) is 9.57 Å². The number of nitrogens with zero attached hydrogens (tertiary/aromatic N) is 2. The van der Waals surface area contributed by atoms with Crippen LogP contribution in [-0.4, -0.2) is 52.8 Å². The van der Waals surface area contributed by atoms with Gasteiger partial charge in [0.25, 0.3) is 0 Å². The third-order valence-corrected chi connectivity index (χ3v) is 5.36. The van der Waals surface area contributed by atoms with Crippen molar-refractivity contribution in [3.8, 4) is 0 Å². The van der Waals surface area contributed by atoms with Crippen LogP contribution in [0.1, 0.15) is 25.7 Å². The normalized spacial score (nSPS) is 27.5. The van der Waals surface area contributed by atoms with Gasteiger partial charge >= 0.3 is 6.09 Å². The maximum absolute atomic E-state index is 12.1. The molecule has 1 unspecified atom stereocenters. The number of carbonyl (C=O) groups excluding carboxylic acids is 2. The molecule has 2 amide bonds. The van der Waals surface area contributed by atoms with Crippen LogP contribution >= 0.6 is 7.51 Å². The lowest BCUT2D eigenvalue weighted by molar-refractivity contribution is -0.127. The van der Waals surface area contributed by atoms with Crippen molar-refractivity contribution in [1.29, 1.82) is 0 Å². The fraction of sp³-hybridized carbons (Fsp3) is 0.692. The highest BCUT2D eigenvalue weighted by molar-refractivity contribution is 7.95. The van der Waals surface area contributed by atoms with E-state index in [-0.39, 0.29) is 43.3 Å². The average molecular weight is 329 g/mol. The van der Waals surface area contributed by atoms with Gasteiger partial charge in [-0.25, -0.2) is 4.79 Å². The summed E-state index contributed by atoms with van der Waals surface area (Å²) in [5.74, 6) is -0.126. The zero-order valence-corrected chi connectivity index (χ0v) is 13.5. The minimum Gasteiger partial charge on any atom is -0.445 e. The Balaban J connectivity index is 2.04. The maximum Gasteiger partial charge on any atom is 0.410 e. The lowest BCUT2D eigenvalue weighted by Crippen LogP contribution is -2.52. The molecule has 0 saturated carbocycles. The SMILES string of the molecule is C=CCOC(=O)N1[C@@H]2CC[C@H]1CC(N(P=S)C(=O)CN)C2. The highest BCUT2D eigenvalue weighted by Crippen LogP contribution is 2.39. The summed E-state index contributed by atoms with van der Waals surface area (Å²) < 4.78 is 6.79. The lowest BCUT2D eigenvalue weighted by Gasteiger charge is -2.40. The summed E-state index contributed by atoms with van der Waals surface area (Å²) >= 11 is 5.04. The Morgan fingerprint density at radius 2 is 2.05 bits per heavy atom. The summed E-state index contributed by atoms with van der Waals surface area (Å²) in [4.78, 5) is 25.8. The Morgan fingerprint density at radius 1 is 1.43 bits per heavy atom.